The summed E-state index contributed by atoms with van der Waals surface area (Å²) in [4.78, 5) is 25.8. The van der Waals surface area contributed by atoms with E-state index in [9.17, 15) is 9.59 Å². The Bertz CT molecular complexity index is 945. The van der Waals surface area contributed by atoms with E-state index in [0.29, 0.717) is 17.9 Å². The van der Waals surface area contributed by atoms with Crippen molar-refractivity contribution < 1.29 is 28.5 Å². The van der Waals surface area contributed by atoms with Gasteiger partial charge in [0.1, 0.15) is 11.7 Å². The third kappa shape index (κ3) is 4.17. The van der Waals surface area contributed by atoms with Crippen LogP contribution in [0.2, 0.25) is 0 Å². The Morgan fingerprint density at radius 1 is 1.00 bits per heavy atom. The summed E-state index contributed by atoms with van der Waals surface area (Å²) in [6.07, 6.45) is 2.03. The first-order chi connectivity index (χ1) is 14.5. The predicted molar refractivity (Wildman–Crippen MR) is 113 cm³/mol. The van der Waals surface area contributed by atoms with Crippen LogP contribution in [-0.2, 0) is 14.3 Å². The van der Waals surface area contributed by atoms with Gasteiger partial charge in [0, 0.05) is 11.5 Å². The lowest BCUT2D eigenvalue weighted by molar-refractivity contribution is -0.151. The summed E-state index contributed by atoms with van der Waals surface area (Å²) in [5.41, 5.74) is 2.48. The van der Waals surface area contributed by atoms with E-state index in [1.165, 1.54) is 0 Å². The van der Waals surface area contributed by atoms with Crippen LogP contribution in [-0.4, -0.2) is 39.7 Å². The van der Waals surface area contributed by atoms with Gasteiger partial charge < -0.3 is 18.9 Å². The number of para-hydroxylation sites is 1. The minimum Gasteiger partial charge on any atom is -0.497 e. The molecule has 0 spiro atoms. The summed E-state index contributed by atoms with van der Waals surface area (Å²) in [5, 5.41) is 0. The van der Waals surface area contributed by atoms with Gasteiger partial charge in [0.05, 0.1) is 27.9 Å². The molecule has 0 fully saturated rings. The van der Waals surface area contributed by atoms with E-state index < -0.39 is 17.8 Å². The number of carbonyl (C=O) groups is 2. The van der Waals surface area contributed by atoms with Crippen LogP contribution in [0.1, 0.15) is 30.4 Å². The number of ether oxygens (including phenoxy) is 4. The zero-order chi connectivity index (χ0) is 21.7. The molecule has 1 aliphatic rings. The summed E-state index contributed by atoms with van der Waals surface area (Å²) >= 11 is 0. The molecule has 1 aliphatic carbocycles. The molecule has 0 amide bonds. The van der Waals surface area contributed by atoms with Gasteiger partial charge in [-0.1, -0.05) is 24.3 Å². The molecule has 2 aromatic carbocycles. The molecule has 0 radical (unpaired) electrons. The van der Waals surface area contributed by atoms with Crippen LogP contribution in [0, 0.1) is 5.92 Å². The Balaban J connectivity index is 2.09. The SMILES string of the molecule is CCOC(=O)[C@H]1C(=O)C=C(c2ccc(OC)cc2)C[C@@H]1c1cccc(OC)c1OC. The molecule has 0 aromatic heterocycles. The second-order valence-electron chi connectivity index (χ2n) is 6.92. The Labute approximate surface area is 176 Å². The fourth-order valence-electron chi connectivity index (χ4n) is 3.89. The van der Waals surface area contributed by atoms with E-state index in [1.807, 2.05) is 36.4 Å². The molecule has 30 heavy (non-hydrogen) atoms. The van der Waals surface area contributed by atoms with Crippen LogP contribution in [0.5, 0.6) is 17.2 Å². The topological polar surface area (TPSA) is 71.1 Å². The first-order valence-corrected chi connectivity index (χ1v) is 9.80. The average Bonchev–Trinajstić information content (AvgIpc) is 2.77. The van der Waals surface area contributed by atoms with Crippen molar-refractivity contribution >= 4 is 17.3 Å². The average molecular weight is 410 g/mol. The van der Waals surface area contributed by atoms with Gasteiger partial charge in [-0.3, -0.25) is 9.59 Å². The van der Waals surface area contributed by atoms with Gasteiger partial charge in [0.25, 0.3) is 0 Å². The minimum atomic E-state index is -0.937. The number of carbonyl (C=O) groups excluding carboxylic acids is 2. The molecule has 0 saturated carbocycles. The number of hydrogen-bond acceptors (Lipinski definition) is 6. The molecule has 3 rings (SSSR count). The fourth-order valence-corrected chi connectivity index (χ4v) is 3.89. The predicted octanol–water partition coefficient (Wildman–Crippen LogP) is 4.03. The standard InChI is InChI=1S/C24H26O6/c1-5-30-24(26)22-19(18-7-6-8-21(28-3)23(18)29-4)13-16(14-20(22)25)15-9-11-17(27-2)12-10-15/h6-12,14,19,22H,5,13H2,1-4H3/t19-,22-/m1/s1. The number of rotatable bonds is 7. The first kappa shape index (κ1) is 21.4. The van der Waals surface area contributed by atoms with Crippen molar-refractivity contribution in [3.05, 3.63) is 59.7 Å². The Morgan fingerprint density at radius 3 is 2.33 bits per heavy atom. The molecule has 0 bridgehead atoms. The van der Waals surface area contributed by atoms with Gasteiger partial charge in [-0.25, -0.2) is 0 Å². The van der Waals surface area contributed by atoms with E-state index in [1.54, 1.807) is 40.4 Å². The highest BCUT2D eigenvalue weighted by atomic mass is 16.5. The van der Waals surface area contributed by atoms with Crippen molar-refractivity contribution in [1.82, 2.24) is 0 Å². The fraction of sp³-hybridized carbons (Fsp3) is 0.333. The van der Waals surface area contributed by atoms with Crippen LogP contribution in [0.15, 0.2) is 48.5 Å². The third-order valence-electron chi connectivity index (χ3n) is 5.30. The van der Waals surface area contributed by atoms with Gasteiger partial charge in [0.15, 0.2) is 17.3 Å². The van der Waals surface area contributed by atoms with Gasteiger partial charge in [-0.2, -0.15) is 0 Å². The van der Waals surface area contributed by atoms with Gasteiger partial charge >= 0.3 is 5.97 Å². The molecule has 158 valence electrons. The third-order valence-corrected chi connectivity index (χ3v) is 5.30. The van der Waals surface area contributed by atoms with Crippen molar-refractivity contribution in [1.29, 1.82) is 0 Å². The zero-order valence-corrected chi connectivity index (χ0v) is 17.6. The lowest BCUT2D eigenvalue weighted by Crippen LogP contribution is -2.34. The van der Waals surface area contributed by atoms with E-state index in [2.05, 4.69) is 0 Å². The highest BCUT2D eigenvalue weighted by Gasteiger charge is 2.41. The first-order valence-electron chi connectivity index (χ1n) is 9.80. The second-order valence-corrected chi connectivity index (χ2v) is 6.92. The Hall–Kier alpha value is -3.28. The summed E-state index contributed by atoms with van der Waals surface area (Å²) < 4.78 is 21.5. The van der Waals surface area contributed by atoms with Crippen LogP contribution in [0.25, 0.3) is 5.57 Å². The van der Waals surface area contributed by atoms with Crippen LogP contribution >= 0.6 is 0 Å². The van der Waals surface area contributed by atoms with E-state index in [4.69, 9.17) is 18.9 Å². The number of allylic oxidation sites excluding steroid dienone is 2. The highest BCUT2D eigenvalue weighted by molar-refractivity contribution is 6.10. The largest absolute Gasteiger partial charge is 0.497 e. The number of benzene rings is 2. The molecular weight excluding hydrogens is 384 g/mol. The summed E-state index contributed by atoms with van der Waals surface area (Å²) in [7, 11) is 4.71. The van der Waals surface area contributed by atoms with Crippen molar-refractivity contribution in [2.75, 3.05) is 27.9 Å². The number of ketones is 1. The monoisotopic (exact) mass is 410 g/mol. The maximum atomic E-state index is 13.1. The van der Waals surface area contributed by atoms with Gasteiger partial charge in [-0.05, 0) is 48.8 Å². The van der Waals surface area contributed by atoms with Crippen LogP contribution in [0.4, 0.5) is 0 Å². The maximum Gasteiger partial charge on any atom is 0.317 e. The molecule has 2 aromatic rings. The molecule has 2 atom stereocenters. The molecule has 0 heterocycles. The van der Waals surface area contributed by atoms with Crippen LogP contribution < -0.4 is 14.2 Å². The highest BCUT2D eigenvalue weighted by Crippen LogP contribution is 2.46. The second kappa shape index (κ2) is 9.48. The van der Waals surface area contributed by atoms with E-state index in [0.717, 1.165) is 22.4 Å². The smallest absolute Gasteiger partial charge is 0.317 e. The molecule has 6 nitrogen and oxygen atoms in total. The zero-order valence-electron chi connectivity index (χ0n) is 17.6. The summed E-state index contributed by atoms with van der Waals surface area (Å²) in [5.74, 6) is -0.384. The van der Waals surface area contributed by atoms with Crippen LogP contribution in [0.3, 0.4) is 0 Å². The number of esters is 1. The molecular formula is C24H26O6. The Kier molecular flexibility index (Phi) is 6.77. The molecule has 0 unspecified atom stereocenters. The molecule has 0 N–H and O–H groups in total. The van der Waals surface area contributed by atoms with E-state index >= 15 is 0 Å². The van der Waals surface area contributed by atoms with Crippen molar-refractivity contribution in [3.8, 4) is 17.2 Å². The number of hydrogen-bond donors (Lipinski definition) is 0. The molecule has 0 saturated heterocycles. The lowest BCUT2D eigenvalue weighted by Gasteiger charge is -2.30. The lowest BCUT2D eigenvalue weighted by atomic mass is 9.73. The Morgan fingerprint density at radius 2 is 1.73 bits per heavy atom. The maximum absolute atomic E-state index is 13.1. The van der Waals surface area contributed by atoms with Crippen molar-refractivity contribution in [2.45, 2.75) is 19.3 Å². The minimum absolute atomic E-state index is 0.208. The van der Waals surface area contributed by atoms with Gasteiger partial charge in [-0.15, -0.1) is 0 Å². The van der Waals surface area contributed by atoms with Crippen molar-refractivity contribution in [3.63, 3.8) is 0 Å². The summed E-state index contributed by atoms with van der Waals surface area (Å²) in [6, 6.07) is 13.0. The number of methoxy groups -OCH3 is 3. The molecule has 0 aliphatic heterocycles. The quantitative estimate of drug-likeness (QED) is 0.507. The van der Waals surface area contributed by atoms with Gasteiger partial charge in [0.2, 0.25) is 0 Å². The molecule has 6 heteroatoms. The van der Waals surface area contributed by atoms with Crippen molar-refractivity contribution in [2.24, 2.45) is 5.92 Å². The normalized spacial score (nSPS) is 18.4. The summed E-state index contributed by atoms with van der Waals surface area (Å²) in [6.45, 7) is 1.94. The van der Waals surface area contributed by atoms with E-state index in [-0.39, 0.29) is 12.4 Å².